The molecule has 1 rings (SSSR count). The fourth-order valence-corrected chi connectivity index (χ4v) is 2.75. The van der Waals surface area contributed by atoms with Crippen LogP contribution in [0.15, 0.2) is 24.3 Å². The van der Waals surface area contributed by atoms with E-state index >= 15 is 0 Å². The monoisotopic (exact) mass is 264 g/mol. The maximum atomic E-state index is 5.54. The number of hydrogen-bond donors (Lipinski definition) is 1. The lowest BCUT2D eigenvalue weighted by Crippen LogP contribution is -2.36. The van der Waals surface area contributed by atoms with Crippen molar-refractivity contribution in [2.24, 2.45) is 11.8 Å². The zero-order valence-electron chi connectivity index (χ0n) is 13.1. The highest BCUT2D eigenvalue weighted by Crippen LogP contribution is 2.36. The van der Waals surface area contributed by atoms with E-state index in [4.69, 9.17) is 4.74 Å². The van der Waals surface area contributed by atoms with Crippen molar-refractivity contribution in [3.63, 3.8) is 0 Å². The summed E-state index contributed by atoms with van der Waals surface area (Å²) in [6, 6.07) is 8.68. The van der Waals surface area contributed by atoms with Gasteiger partial charge in [-0.25, -0.2) is 0 Å². The first-order valence-electron chi connectivity index (χ1n) is 6.96. The first-order valence-corrected chi connectivity index (χ1v) is 6.96. The number of rotatable bonds is 7. The minimum Gasteiger partial charge on any atom is -0.496 e. The molecule has 3 heteroatoms. The maximum Gasteiger partial charge on any atom is 0.123 e. The molecule has 0 radical (unpaired) electrons. The Morgan fingerprint density at radius 3 is 2.32 bits per heavy atom. The Morgan fingerprint density at radius 1 is 1.21 bits per heavy atom. The summed E-state index contributed by atoms with van der Waals surface area (Å²) in [5, 5.41) is 3.32. The largest absolute Gasteiger partial charge is 0.496 e. The topological polar surface area (TPSA) is 24.5 Å². The van der Waals surface area contributed by atoms with Crippen LogP contribution < -0.4 is 10.1 Å². The average Bonchev–Trinajstić information content (AvgIpc) is 2.38. The van der Waals surface area contributed by atoms with Gasteiger partial charge in [-0.2, -0.15) is 0 Å². The Bertz CT molecular complexity index is 377. The van der Waals surface area contributed by atoms with Crippen LogP contribution in [0.2, 0.25) is 0 Å². The van der Waals surface area contributed by atoms with Crippen molar-refractivity contribution in [2.75, 3.05) is 34.8 Å². The molecule has 0 saturated carbocycles. The number of nitrogens with zero attached hydrogens (tertiary/aromatic N) is 1. The van der Waals surface area contributed by atoms with Crippen molar-refractivity contribution >= 4 is 0 Å². The number of nitrogens with one attached hydrogen (secondary N) is 1. The van der Waals surface area contributed by atoms with Crippen LogP contribution in [-0.2, 0) is 0 Å². The molecule has 1 N–H and O–H groups in total. The van der Waals surface area contributed by atoms with Gasteiger partial charge in [0.25, 0.3) is 0 Å². The van der Waals surface area contributed by atoms with Gasteiger partial charge in [0.05, 0.1) is 7.11 Å². The summed E-state index contributed by atoms with van der Waals surface area (Å²) >= 11 is 0. The standard InChI is InChI=1S/C16H28N2O/c1-12(2)14(11-17-3)16(18(4)5)13-9-7-8-10-15(13)19-6/h7-10,12,14,16-17H,11H2,1-6H3. The molecule has 2 unspecified atom stereocenters. The van der Waals surface area contributed by atoms with Crippen molar-refractivity contribution in [1.82, 2.24) is 10.2 Å². The van der Waals surface area contributed by atoms with Gasteiger partial charge in [-0.15, -0.1) is 0 Å². The molecule has 0 aliphatic heterocycles. The number of hydrogen-bond acceptors (Lipinski definition) is 3. The van der Waals surface area contributed by atoms with Crippen molar-refractivity contribution in [3.8, 4) is 5.75 Å². The van der Waals surface area contributed by atoms with Crippen LogP contribution in [0.5, 0.6) is 5.75 Å². The molecule has 1 aromatic rings. The molecule has 0 fully saturated rings. The number of para-hydroxylation sites is 1. The zero-order chi connectivity index (χ0) is 14.4. The predicted octanol–water partition coefficient (Wildman–Crippen LogP) is 2.79. The Morgan fingerprint density at radius 2 is 1.84 bits per heavy atom. The van der Waals surface area contributed by atoms with Crippen molar-refractivity contribution in [3.05, 3.63) is 29.8 Å². The fraction of sp³-hybridized carbons (Fsp3) is 0.625. The summed E-state index contributed by atoms with van der Waals surface area (Å²) in [6.07, 6.45) is 0. The van der Waals surface area contributed by atoms with Gasteiger partial charge in [0.15, 0.2) is 0 Å². The van der Waals surface area contributed by atoms with Crippen LogP contribution >= 0.6 is 0 Å². The van der Waals surface area contributed by atoms with E-state index in [2.05, 4.69) is 50.3 Å². The van der Waals surface area contributed by atoms with Gasteiger partial charge in [0, 0.05) is 11.6 Å². The molecule has 0 heterocycles. The van der Waals surface area contributed by atoms with Gasteiger partial charge >= 0.3 is 0 Å². The van der Waals surface area contributed by atoms with E-state index < -0.39 is 0 Å². The highest BCUT2D eigenvalue weighted by atomic mass is 16.5. The SMILES string of the molecule is CNCC(C(C)C)C(c1ccccc1OC)N(C)C. The second kappa shape index (κ2) is 7.51. The number of benzene rings is 1. The molecular weight excluding hydrogens is 236 g/mol. The highest BCUT2D eigenvalue weighted by molar-refractivity contribution is 5.36. The second-order valence-corrected chi connectivity index (χ2v) is 5.62. The molecule has 0 aromatic heterocycles. The van der Waals surface area contributed by atoms with Crippen LogP contribution in [0.25, 0.3) is 0 Å². The summed E-state index contributed by atoms with van der Waals surface area (Å²) in [6.45, 7) is 5.57. The van der Waals surface area contributed by atoms with Gasteiger partial charge in [-0.1, -0.05) is 32.0 Å². The molecular formula is C16H28N2O. The smallest absolute Gasteiger partial charge is 0.123 e. The third-order valence-electron chi connectivity index (χ3n) is 3.72. The summed E-state index contributed by atoms with van der Waals surface area (Å²) in [4.78, 5) is 2.29. The van der Waals surface area contributed by atoms with Crippen LogP contribution in [0.4, 0.5) is 0 Å². The molecule has 0 saturated heterocycles. The van der Waals surface area contributed by atoms with Gasteiger partial charge in [-0.3, -0.25) is 0 Å². The fourth-order valence-electron chi connectivity index (χ4n) is 2.75. The van der Waals surface area contributed by atoms with Crippen LogP contribution in [0.1, 0.15) is 25.5 Å². The van der Waals surface area contributed by atoms with Crippen molar-refractivity contribution in [1.29, 1.82) is 0 Å². The van der Waals surface area contributed by atoms with Crippen molar-refractivity contribution in [2.45, 2.75) is 19.9 Å². The summed E-state index contributed by atoms with van der Waals surface area (Å²) in [5.74, 6) is 2.11. The second-order valence-electron chi connectivity index (χ2n) is 5.62. The highest BCUT2D eigenvalue weighted by Gasteiger charge is 2.29. The predicted molar refractivity (Wildman–Crippen MR) is 81.7 cm³/mol. The summed E-state index contributed by atoms with van der Waals surface area (Å²) in [7, 11) is 8.04. The lowest BCUT2D eigenvalue weighted by molar-refractivity contribution is 0.165. The van der Waals surface area contributed by atoms with E-state index in [-0.39, 0.29) is 0 Å². The van der Waals surface area contributed by atoms with E-state index in [1.165, 1.54) is 5.56 Å². The third kappa shape index (κ3) is 3.95. The molecule has 2 atom stereocenters. The number of methoxy groups -OCH3 is 1. The Kier molecular flexibility index (Phi) is 6.32. The molecule has 0 aliphatic carbocycles. The lowest BCUT2D eigenvalue weighted by Gasteiger charge is -2.36. The van der Waals surface area contributed by atoms with Gasteiger partial charge in [0.1, 0.15) is 5.75 Å². The molecule has 0 amide bonds. The molecule has 0 aliphatic rings. The number of ether oxygens (including phenoxy) is 1. The summed E-state index contributed by atoms with van der Waals surface area (Å²) < 4.78 is 5.54. The van der Waals surface area contributed by atoms with E-state index in [1.807, 2.05) is 19.2 Å². The lowest BCUT2D eigenvalue weighted by atomic mass is 9.83. The molecule has 0 spiro atoms. The Balaban J connectivity index is 3.18. The van der Waals surface area contributed by atoms with E-state index in [1.54, 1.807) is 7.11 Å². The molecule has 3 nitrogen and oxygen atoms in total. The van der Waals surface area contributed by atoms with Crippen LogP contribution in [0.3, 0.4) is 0 Å². The third-order valence-corrected chi connectivity index (χ3v) is 3.72. The first kappa shape index (κ1) is 16.0. The van der Waals surface area contributed by atoms with Gasteiger partial charge < -0.3 is 15.0 Å². The Labute approximate surface area is 118 Å². The minimum absolute atomic E-state index is 0.351. The normalized spacial score (nSPS) is 14.7. The van der Waals surface area contributed by atoms with Crippen LogP contribution in [-0.4, -0.2) is 39.7 Å². The van der Waals surface area contributed by atoms with E-state index in [9.17, 15) is 0 Å². The van der Waals surface area contributed by atoms with Gasteiger partial charge in [0.2, 0.25) is 0 Å². The maximum absolute atomic E-state index is 5.54. The average molecular weight is 264 g/mol. The minimum atomic E-state index is 0.351. The summed E-state index contributed by atoms with van der Waals surface area (Å²) in [5.41, 5.74) is 1.27. The van der Waals surface area contributed by atoms with Crippen LogP contribution in [0, 0.1) is 11.8 Å². The Hall–Kier alpha value is -1.06. The molecule has 108 valence electrons. The first-order chi connectivity index (χ1) is 9.02. The molecule has 19 heavy (non-hydrogen) atoms. The quantitative estimate of drug-likeness (QED) is 0.819. The van der Waals surface area contributed by atoms with Crippen molar-refractivity contribution < 1.29 is 4.74 Å². The molecule has 1 aromatic carbocycles. The van der Waals surface area contributed by atoms with E-state index in [0.717, 1.165) is 12.3 Å². The van der Waals surface area contributed by atoms with Gasteiger partial charge in [-0.05, 0) is 45.6 Å². The van der Waals surface area contributed by atoms with E-state index in [0.29, 0.717) is 17.9 Å². The zero-order valence-corrected chi connectivity index (χ0v) is 13.1. The molecule has 0 bridgehead atoms.